The van der Waals surface area contributed by atoms with Gasteiger partial charge in [0, 0.05) is 6.54 Å². The summed E-state index contributed by atoms with van der Waals surface area (Å²) in [6.45, 7) is 6.40. The van der Waals surface area contributed by atoms with E-state index in [1.807, 2.05) is 0 Å². The predicted octanol–water partition coefficient (Wildman–Crippen LogP) is 4.91. The molecule has 3 nitrogen and oxygen atoms in total. The van der Waals surface area contributed by atoms with Gasteiger partial charge in [-0.1, -0.05) is 42.5 Å². The Hall–Kier alpha value is -2.26. The van der Waals surface area contributed by atoms with Gasteiger partial charge in [0.2, 0.25) is 0 Å². The Bertz CT molecular complexity index is 880. The van der Waals surface area contributed by atoms with Gasteiger partial charge in [-0.05, 0) is 79.9 Å². The van der Waals surface area contributed by atoms with Crippen LogP contribution in [0.5, 0.6) is 5.75 Å². The Kier molecular flexibility index (Phi) is 4.86. The lowest BCUT2D eigenvalue weighted by Gasteiger charge is -2.36. The smallest absolute Gasteiger partial charge is 0.142 e. The van der Waals surface area contributed by atoms with Crippen molar-refractivity contribution in [2.45, 2.75) is 38.6 Å². The normalized spacial score (nSPS) is 22.0. The first-order valence-electron chi connectivity index (χ1n) is 10.7. The van der Waals surface area contributed by atoms with E-state index in [1.54, 1.807) is 5.57 Å². The molecule has 0 amide bonds. The Morgan fingerprint density at radius 3 is 2.82 bits per heavy atom. The maximum atomic E-state index is 6.00. The van der Waals surface area contributed by atoms with Crippen LogP contribution in [0.2, 0.25) is 0 Å². The van der Waals surface area contributed by atoms with Crippen molar-refractivity contribution in [2.24, 2.45) is 5.92 Å². The van der Waals surface area contributed by atoms with E-state index in [0.29, 0.717) is 6.04 Å². The molecule has 1 fully saturated rings. The number of hydrogen-bond donors (Lipinski definition) is 1. The highest BCUT2D eigenvalue weighted by Gasteiger charge is 2.26. The first-order valence-corrected chi connectivity index (χ1v) is 10.7. The quantitative estimate of drug-likeness (QED) is 0.823. The van der Waals surface area contributed by atoms with E-state index in [-0.39, 0.29) is 0 Å². The van der Waals surface area contributed by atoms with Gasteiger partial charge in [-0.2, -0.15) is 0 Å². The molecule has 5 rings (SSSR count). The van der Waals surface area contributed by atoms with E-state index < -0.39 is 0 Å². The van der Waals surface area contributed by atoms with Crippen molar-refractivity contribution in [3.8, 4) is 5.75 Å². The number of ether oxygens (including phenoxy) is 1. The largest absolute Gasteiger partial charge is 0.489 e. The summed E-state index contributed by atoms with van der Waals surface area (Å²) in [4.78, 5) is 2.62. The maximum absolute atomic E-state index is 6.00. The van der Waals surface area contributed by atoms with Gasteiger partial charge in [0.05, 0.1) is 11.7 Å². The third-order valence-electron chi connectivity index (χ3n) is 6.65. The van der Waals surface area contributed by atoms with E-state index in [1.165, 1.54) is 54.7 Å². The maximum Gasteiger partial charge on any atom is 0.142 e. The molecule has 0 saturated carbocycles. The molecule has 0 aromatic heterocycles. The number of fused-ring (bicyclic) bond motifs is 2. The predicted molar refractivity (Wildman–Crippen MR) is 116 cm³/mol. The minimum Gasteiger partial charge on any atom is -0.489 e. The molecule has 1 N–H and O–H groups in total. The van der Waals surface area contributed by atoms with E-state index >= 15 is 0 Å². The number of hydrogen-bond acceptors (Lipinski definition) is 3. The fraction of sp³-hybridized carbons (Fsp3) is 0.440. The lowest BCUT2D eigenvalue weighted by Crippen LogP contribution is -2.45. The molecule has 146 valence electrons. The number of allylic oxidation sites excluding steroid dienone is 2. The van der Waals surface area contributed by atoms with Gasteiger partial charge in [-0.15, -0.1) is 0 Å². The molecular weight excluding hydrogens is 344 g/mol. The number of anilines is 1. The van der Waals surface area contributed by atoms with Crippen molar-refractivity contribution in [1.82, 2.24) is 4.90 Å². The van der Waals surface area contributed by atoms with Crippen LogP contribution in [0.1, 0.15) is 36.0 Å². The van der Waals surface area contributed by atoms with Crippen molar-refractivity contribution in [1.29, 1.82) is 0 Å². The van der Waals surface area contributed by atoms with Crippen LogP contribution in [0.3, 0.4) is 0 Å². The zero-order chi connectivity index (χ0) is 18.9. The molecule has 3 heteroatoms. The lowest BCUT2D eigenvalue weighted by molar-refractivity contribution is 0.162. The standard InChI is InChI=1S/C25H30N2O/c1-18-5-4-8-24-25(18)26-22(17-28-24)16-27-13-11-19(12-14-27)15-21-10-9-20-6-2-3-7-23(20)21/h2-8,10,19,22,26H,9,11-17H2,1H3. The zero-order valence-corrected chi connectivity index (χ0v) is 16.8. The summed E-state index contributed by atoms with van der Waals surface area (Å²) in [5, 5.41) is 3.72. The number of piperidine rings is 1. The molecule has 2 heterocycles. The number of para-hydroxylation sites is 1. The average molecular weight is 375 g/mol. The third-order valence-corrected chi connectivity index (χ3v) is 6.65. The second kappa shape index (κ2) is 7.63. The van der Waals surface area contributed by atoms with Crippen LogP contribution in [0.15, 0.2) is 48.5 Å². The Balaban J connectivity index is 1.13. The number of aryl methyl sites for hydroxylation is 1. The first-order chi connectivity index (χ1) is 13.8. The molecule has 1 atom stereocenters. The molecule has 1 unspecified atom stereocenters. The molecule has 2 aromatic rings. The topological polar surface area (TPSA) is 24.5 Å². The van der Waals surface area contributed by atoms with E-state index in [0.717, 1.165) is 31.2 Å². The van der Waals surface area contributed by atoms with Gasteiger partial charge in [0.1, 0.15) is 12.4 Å². The van der Waals surface area contributed by atoms with E-state index in [2.05, 4.69) is 65.7 Å². The molecule has 1 aliphatic carbocycles. The number of likely N-dealkylation sites (tertiary alicyclic amines) is 1. The summed E-state index contributed by atoms with van der Waals surface area (Å²) in [6.07, 6.45) is 7.45. The van der Waals surface area contributed by atoms with Gasteiger partial charge in [-0.25, -0.2) is 0 Å². The second-order valence-corrected chi connectivity index (χ2v) is 8.64. The zero-order valence-electron chi connectivity index (χ0n) is 16.8. The molecule has 1 saturated heterocycles. The number of nitrogens with one attached hydrogen (secondary N) is 1. The van der Waals surface area contributed by atoms with Crippen molar-refractivity contribution in [2.75, 3.05) is 31.6 Å². The second-order valence-electron chi connectivity index (χ2n) is 8.64. The van der Waals surface area contributed by atoms with Crippen molar-refractivity contribution in [3.05, 3.63) is 65.2 Å². The Morgan fingerprint density at radius 2 is 1.93 bits per heavy atom. The fourth-order valence-electron chi connectivity index (χ4n) is 5.02. The molecule has 2 aliphatic heterocycles. The number of benzene rings is 2. The van der Waals surface area contributed by atoms with Gasteiger partial charge in [-0.3, -0.25) is 0 Å². The van der Waals surface area contributed by atoms with Crippen LogP contribution in [-0.4, -0.2) is 37.2 Å². The van der Waals surface area contributed by atoms with Gasteiger partial charge >= 0.3 is 0 Å². The Labute approximate surface area is 168 Å². The lowest BCUT2D eigenvalue weighted by atomic mass is 9.88. The van der Waals surface area contributed by atoms with Crippen LogP contribution in [0.4, 0.5) is 5.69 Å². The fourth-order valence-corrected chi connectivity index (χ4v) is 5.02. The highest BCUT2D eigenvalue weighted by molar-refractivity contribution is 5.73. The molecule has 0 bridgehead atoms. The summed E-state index contributed by atoms with van der Waals surface area (Å²) >= 11 is 0. The van der Waals surface area contributed by atoms with Crippen LogP contribution < -0.4 is 10.1 Å². The van der Waals surface area contributed by atoms with Crippen LogP contribution >= 0.6 is 0 Å². The summed E-state index contributed by atoms with van der Waals surface area (Å²) < 4.78 is 6.00. The third kappa shape index (κ3) is 3.56. The SMILES string of the molecule is Cc1cccc2c1NC(CN1CCC(CC3=CCc4ccccc43)CC1)CO2. The van der Waals surface area contributed by atoms with Crippen molar-refractivity contribution < 1.29 is 4.74 Å². The van der Waals surface area contributed by atoms with Crippen LogP contribution in [0, 0.1) is 12.8 Å². The molecule has 3 aliphatic rings. The molecule has 0 spiro atoms. The van der Waals surface area contributed by atoms with Gasteiger partial charge in [0.25, 0.3) is 0 Å². The summed E-state index contributed by atoms with van der Waals surface area (Å²) in [5.41, 5.74) is 7.05. The van der Waals surface area contributed by atoms with Gasteiger partial charge < -0.3 is 15.0 Å². The number of rotatable bonds is 4. The first kappa shape index (κ1) is 17.8. The summed E-state index contributed by atoms with van der Waals surface area (Å²) in [5.74, 6) is 1.83. The highest BCUT2D eigenvalue weighted by Crippen LogP contribution is 2.35. The van der Waals surface area contributed by atoms with Crippen LogP contribution in [0.25, 0.3) is 5.57 Å². The Morgan fingerprint density at radius 1 is 1.07 bits per heavy atom. The minimum absolute atomic E-state index is 0.384. The van der Waals surface area contributed by atoms with E-state index in [4.69, 9.17) is 4.74 Å². The summed E-state index contributed by atoms with van der Waals surface area (Å²) in [7, 11) is 0. The summed E-state index contributed by atoms with van der Waals surface area (Å²) in [6, 6.07) is 15.6. The van der Waals surface area contributed by atoms with Crippen LogP contribution in [-0.2, 0) is 6.42 Å². The minimum atomic E-state index is 0.384. The molecule has 28 heavy (non-hydrogen) atoms. The van der Waals surface area contributed by atoms with Crippen molar-refractivity contribution >= 4 is 11.3 Å². The average Bonchev–Trinajstić information content (AvgIpc) is 3.13. The number of nitrogens with zero attached hydrogens (tertiary/aromatic N) is 1. The van der Waals surface area contributed by atoms with Crippen molar-refractivity contribution in [3.63, 3.8) is 0 Å². The highest BCUT2D eigenvalue weighted by atomic mass is 16.5. The molecule has 0 radical (unpaired) electrons. The molecular formula is C25H30N2O. The van der Waals surface area contributed by atoms with Gasteiger partial charge in [0.15, 0.2) is 0 Å². The van der Waals surface area contributed by atoms with E-state index in [9.17, 15) is 0 Å². The monoisotopic (exact) mass is 374 g/mol. The molecule has 2 aromatic carbocycles.